The van der Waals surface area contributed by atoms with Crippen molar-refractivity contribution in [3.05, 3.63) is 64.4 Å². The van der Waals surface area contributed by atoms with E-state index in [0.29, 0.717) is 16.3 Å². The molecule has 0 saturated carbocycles. The normalized spacial score (nSPS) is 13.3. The minimum atomic E-state index is -4.40. The van der Waals surface area contributed by atoms with E-state index >= 15 is 0 Å². The summed E-state index contributed by atoms with van der Waals surface area (Å²) in [7, 11) is 0. The maximum Gasteiger partial charge on any atom is 0.417 e. The molecule has 2 aromatic rings. The highest BCUT2D eigenvalue weighted by Gasteiger charge is 2.30. The molecule has 1 unspecified atom stereocenters. The first-order valence-corrected chi connectivity index (χ1v) is 5.80. The molecule has 1 atom stereocenters. The Kier molecular flexibility index (Phi) is 3.78. The molecule has 0 fully saturated rings. The van der Waals surface area contributed by atoms with Crippen LogP contribution in [0.25, 0.3) is 0 Å². The van der Waals surface area contributed by atoms with Crippen LogP contribution in [0.1, 0.15) is 22.9 Å². The minimum absolute atomic E-state index is 0.334. The lowest BCUT2D eigenvalue weighted by molar-refractivity contribution is -0.137. The van der Waals surface area contributed by atoms with Crippen LogP contribution in [-0.2, 0) is 6.18 Å². The van der Waals surface area contributed by atoms with E-state index in [0.717, 1.165) is 12.3 Å². The molecule has 0 saturated heterocycles. The van der Waals surface area contributed by atoms with Gasteiger partial charge in [0.1, 0.15) is 0 Å². The number of rotatable bonds is 2. The molecule has 2 nitrogen and oxygen atoms in total. The van der Waals surface area contributed by atoms with Gasteiger partial charge in [-0.2, -0.15) is 13.2 Å². The summed E-state index contributed by atoms with van der Waals surface area (Å²) >= 11 is 5.99. The number of benzene rings is 1. The highest BCUT2D eigenvalue weighted by Crippen LogP contribution is 2.30. The summed E-state index contributed by atoms with van der Waals surface area (Å²) in [5.41, 5.74) is 6.10. The summed E-state index contributed by atoms with van der Waals surface area (Å²) < 4.78 is 37.2. The number of nitrogens with zero attached hydrogens (tertiary/aromatic N) is 1. The summed E-state index contributed by atoms with van der Waals surface area (Å²) in [5, 5.41) is 0.455. The maximum absolute atomic E-state index is 12.4. The fourth-order valence-corrected chi connectivity index (χ4v) is 1.90. The van der Waals surface area contributed by atoms with Gasteiger partial charge in [0.25, 0.3) is 0 Å². The lowest BCUT2D eigenvalue weighted by Gasteiger charge is -2.14. The zero-order valence-electron chi connectivity index (χ0n) is 9.66. The number of nitrogens with two attached hydrogens (primary N) is 1. The Labute approximate surface area is 113 Å². The van der Waals surface area contributed by atoms with E-state index in [9.17, 15) is 13.2 Å². The lowest BCUT2D eigenvalue weighted by Crippen LogP contribution is -2.15. The van der Waals surface area contributed by atoms with E-state index in [-0.39, 0.29) is 0 Å². The third kappa shape index (κ3) is 3.05. The van der Waals surface area contributed by atoms with Gasteiger partial charge < -0.3 is 5.73 Å². The van der Waals surface area contributed by atoms with Crippen molar-refractivity contribution in [2.24, 2.45) is 5.73 Å². The second kappa shape index (κ2) is 5.19. The Balaban J connectivity index is 2.31. The Hall–Kier alpha value is -1.59. The smallest absolute Gasteiger partial charge is 0.319 e. The molecule has 0 radical (unpaired) electrons. The second-order valence-electron chi connectivity index (χ2n) is 3.97. The average Bonchev–Trinajstić information content (AvgIpc) is 2.38. The first-order chi connectivity index (χ1) is 8.89. The number of hydrogen-bond donors (Lipinski definition) is 1. The van der Waals surface area contributed by atoms with Gasteiger partial charge in [-0.15, -0.1) is 0 Å². The van der Waals surface area contributed by atoms with E-state index in [2.05, 4.69) is 4.98 Å². The van der Waals surface area contributed by atoms with Gasteiger partial charge in [-0.1, -0.05) is 29.8 Å². The van der Waals surface area contributed by atoms with Crippen LogP contribution in [0.15, 0.2) is 42.6 Å². The SMILES string of the molecule is NC(c1ccc(C(F)(F)F)cn1)c1ccccc1Cl. The first kappa shape index (κ1) is 13.8. The number of pyridine rings is 1. The third-order valence-electron chi connectivity index (χ3n) is 2.67. The molecular weight excluding hydrogens is 277 g/mol. The van der Waals surface area contributed by atoms with Crippen molar-refractivity contribution in [2.75, 3.05) is 0 Å². The predicted octanol–water partition coefficient (Wildman–Crippen LogP) is 3.80. The molecule has 0 amide bonds. The van der Waals surface area contributed by atoms with Crippen molar-refractivity contribution < 1.29 is 13.2 Å². The molecule has 1 aromatic carbocycles. The predicted molar refractivity (Wildman–Crippen MR) is 66.7 cm³/mol. The zero-order valence-corrected chi connectivity index (χ0v) is 10.4. The summed E-state index contributed by atoms with van der Waals surface area (Å²) in [5.74, 6) is 0. The fourth-order valence-electron chi connectivity index (χ4n) is 1.64. The number of alkyl halides is 3. The van der Waals surface area contributed by atoms with Gasteiger partial charge in [0.2, 0.25) is 0 Å². The number of halogens is 4. The summed E-state index contributed by atoms with van der Waals surface area (Å²) in [6.07, 6.45) is -3.63. The highest BCUT2D eigenvalue weighted by molar-refractivity contribution is 6.31. The summed E-state index contributed by atoms with van der Waals surface area (Å²) in [6.45, 7) is 0. The van der Waals surface area contributed by atoms with Crippen LogP contribution < -0.4 is 5.73 Å². The van der Waals surface area contributed by atoms with E-state index < -0.39 is 17.8 Å². The minimum Gasteiger partial charge on any atom is -0.319 e. The maximum atomic E-state index is 12.4. The monoisotopic (exact) mass is 286 g/mol. The Morgan fingerprint density at radius 3 is 2.32 bits per heavy atom. The Bertz CT molecular complexity index is 567. The molecule has 0 aliphatic carbocycles. The van der Waals surface area contributed by atoms with E-state index in [1.165, 1.54) is 6.07 Å². The lowest BCUT2D eigenvalue weighted by atomic mass is 10.0. The third-order valence-corrected chi connectivity index (χ3v) is 3.02. The molecule has 100 valence electrons. The van der Waals surface area contributed by atoms with Crippen LogP contribution in [-0.4, -0.2) is 4.98 Å². The van der Waals surface area contributed by atoms with Crippen LogP contribution in [0.5, 0.6) is 0 Å². The van der Waals surface area contributed by atoms with E-state index in [1.807, 2.05) is 0 Å². The van der Waals surface area contributed by atoms with E-state index in [4.69, 9.17) is 17.3 Å². The van der Waals surface area contributed by atoms with Gasteiger partial charge in [0.15, 0.2) is 0 Å². The molecule has 1 heterocycles. The van der Waals surface area contributed by atoms with Crippen molar-refractivity contribution in [2.45, 2.75) is 12.2 Å². The first-order valence-electron chi connectivity index (χ1n) is 5.43. The average molecular weight is 287 g/mol. The van der Waals surface area contributed by atoms with Crippen LogP contribution in [0.3, 0.4) is 0 Å². The van der Waals surface area contributed by atoms with Crippen molar-refractivity contribution in [1.29, 1.82) is 0 Å². The molecule has 6 heteroatoms. The number of aromatic nitrogens is 1. The standard InChI is InChI=1S/C13H10ClF3N2/c14-10-4-2-1-3-9(10)12(18)11-6-5-8(7-19-11)13(15,16)17/h1-7,12H,18H2. The second-order valence-corrected chi connectivity index (χ2v) is 4.38. The van der Waals surface area contributed by atoms with Crippen molar-refractivity contribution >= 4 is 11.6 Å². The largest absolute Gasteiger partial charge is 0.417 e. The zero-order chi connectivity index (χ0) is 14.0. The van der Waals surface area contributed by atoms with Crippen molar-refractivity contribution in [3.8, 4) is 0 Å². The topological polar surface area (TPSA) is 38.9 Å². The quantitative estimate of drug-likeness (QED) is 0.912. The van der Waals surface area contributed by atoms with Gasteiger partial charge in [-0.25, -0.2) is 0 Å². The van der Waals surface area contributed by atoms with Crippen LogP contribution in [0.2, 0.25) is 5.02 Å². The van der Waals surface area contributed by atoms with Gasteiger partial charge >= 0.3 is 6.18 Å². The van der Waals surface area contributed by atoms with Gasteiger partial charge in [0, 0.05) is 11.2 Å². The van der Waals surface area contributed by atoms with Crippen molar-refractivity contribution in [3.63, 3.8) is 0 Å². The molecule has 0 spiro atoms. The molecular formula is C13H10ClF3N2. The highest BCUT2D eigenvalue weighted by atomic mass is 35.5. The Morgan fingerprint density at radius 2 is 1.79 bits per heavy atom. The molecule has 0 aliphatic heterocycles. The fraction of sp³-hybridized carbons (Fsp3) is 0.154. The molecule has 19 heavy (non-hydrogen) atoms. The van der Waals surface area contributed by atoms with Gasteiger partial charge in [-0.3, -0.25) is 4.98 Å². The molecule has 2 N–H and O–H groups in total. The molecule has 1 aromatic heterocycles. The van der Waals surface area contributed by atoms with Gasteiger partial charge in [0.05, 0.1) is 17.3 Å². The summed E-state index contributed by atoms with van der Waals surface area (Å²) in [4.78, 5) is 3.76. The number of hydrogen-bond acceptors (Lipinski definition) is 2. The van der Waals surface area contributed by atoms with Crippen LogP contribution in [0, 0.1) is 0 Å². The van der Waals surface area contributed by atoms with Gasteiger partial charge in [-0.05, 0) is 23.8 Å². The molecule has 0 aliphatic rings. The summed E-state index contributed by atoms with van der Waals surface area (Å²) in [6, 6.07) is 8.45. The Morgan fingerprint density at radius 1 is 1.11 bits per heavy atom. The van der Waals surface area contributed by atoms with E-state index in [1.54, 1.807) is 24.3 Å². The van der Waals surface area contributed by atoms with Crippen LogP contribution in [0.4, 0.5) is 13.2 Å². The molecule has 0 bridgehead atoms. The van der Waals surface area contributed by atoms with Crippen LogP contribution >= 0.6 is 11.6 Å². The van der Waals surface area contributed by atoms with Crippen molar-refractivity contribution in [1.82, 2.24) is 4.98 Å². The molecule has 2 rings (SSSR count).